The van der Waals surface area contributed by atoms with E-state index in [9.17, 15) is 30.0 Å². The summed E-state index contributed by atoms with van der Waals surface area (Å²) in [5, 5.41) is 50.9. The van der Waals surface area contributed by atoms with E-state index in [-0.39, 0.29) is 107 Å². The normalized spacial score (nSPS) is 15.3. The van der Waals surface area contributed by atoms with Crippen LogP contribution in [0.2, 0.25) is 0 Å². The SMILES string of the molecule is CC(C)(C)c1cc2c(O)c(c1)Cc1cc(C(C)(C)C)cc(c1O)Cc1cc(C(C)(C)C)cc3c1OCC(=O)OCCOC(=O)COc1c(cc(C(C)(C)C)cc1C3)Cc1cc(C(C)(C)C)cc(c1O)Cc1cc(C(C)(C)C)cc(c1O)C2. The van der Waals surface area contributed by atoms with Gasteiger partial charge in [0.1, 0.15) is 47.7 Å². The molecule has 2 aliphatic rings. The highest BCUT2D eigenvalue weighted by Gasteiger charge is 2.31. The summed E-state index contributed by atoms with van der Waals surface area (Å²) in [5.41, 5.74) is 11.9. The van der Waals surface area contributed by atoms with Crippen molar-refractivity contribution < 1.29 is 49.0 Å². The topological polar surface area (TPSA) is 152 Å². The summed E-state index contributed by atoms with van der Waals surface area (Å²) in [4.78, 5) is 27.1. The van der Waals surface area contributed by atoms with Crippen LogP contribution in [-0.4, -0.2) is 58.8 Å². The molecule has 4 N–H and O–H groups in total. The van der Waals surface area contributed by atoms with Gasteiger partial charge in [-0.25, -0.2) is 9.59 Å². The second-order valence-corrected chi connectivity index (χ2v) is 29.4. The van der Waals surface area contributed by atoms with Gasteiger partial charge in [0.25, 0.3) is 0 Å². The Balaban J connectivity index is 1.51. The Kier molecular flexibility index (Phi) is 16.6. The lowest BCUT2D eigenvalue weighted by Gasteiger charge is -2.28. The summed E-state index contributed by atoms with van der Waals surface area (Å²) < 4.78 is 24.6. The molecule has 10 heteroatoms. The standard InChI is InChI=1S/C72H90O10/c1-67(2,3)53-27-41-21-42-28-54(68(4,5)6)30-44(62(42)76)23-46-32-56(70(10,11)12)34-48(64(46)78)25-50-36-58(72(16,17)18)38-52-26-51-37-57(71(13,14)15)35-49(65(51)81-39-59(73)79-19-20-80-60(74)40-82-66(50)52)24-47-33-55(69(7,8)9)31-45(63(47)77)22-43(29-53)61(41)75/h27-38,75-78H,19-26,39-40H2,1-18H3. The van der Waals surface area contributed by atoms with Gasteiger partial charge in [-0.15, -0.1) is 0 Å². The molecule has 0 fully saturated rings. The van der Waals surface area contributed by atoms with E-state index in [1.807, 2.05) is 36.4 Å². The van der Waals surface area contributed by atoms with E-state index >= 15 is 0 Å². The van der Waals surface area contributed by atoms with Gasteiger partial charge >= 0.3 is 11.9 Å². The molecule has 1 aliphatic heterocycles. The second kappa shape index (κ2) is 22.3. The number of phenolic OH excluding ortho intramolecular Hbond substituents is 4. The van der Waals surface area contributed by atoms with Crippen LogP contribution in [0.3, 0.4) is 0 Å². The highest BCUT2D eigenvalue weighted by molar-refractivity contribution is 5.73. The number of hydrogen-bond donors (Lipinski definition) is 4. The third-order valence-corrected chi connectivity index (χ3v) is 16.3. The van der Waals surface area contributed by atoms with Crippen LogP contribution in [0.4, 0.5) is 0 Å². The zero-order valence-corrected chi connectivity index (χ0v) is 52.2. The molecule has 0 spiro atoms. The fourth-order valence-electron chi connectivity index (χ4n) is 11.0. The van der Waals surface area contributed by atoms with Crippen molar-refractivity contribution in [1.29, 1.82) is 0 Å². The quantitative estimate of drug-likeness (QED) is 0.108. The van der Waals surface area contributed by atoms with Crippen molar-refractivity contribution in [2.75, 3.05) is 26.4 Å². The number of hydrogen-bond acceptors (Lipinski definition) is 10. The number of phenols is 4. The van der Waals surface area contributed by atoms with E-state index in [0.717, 1.165) is 55.6 Å². The van der Waals surface area contributed by atoms with Gasteiger partial charge in [-0.1, -0.05) is 197 Å². The Labute approximate surface area is 488 Å². The summed E-state index contributed by atoms with van der Waals surface area (Å²) in [6, 6.07) is 24.8. The van der Waals surface area contributed by atoms with Gasteiger partial charge < -0.3 is 39.4 Å². The summed E-state index contributed by atoms with van der Waals surface area (Å²) in [7, 11) is 0. The molecule has 82 heavy (non-hydrogen) atoms. The predicted molar refractivity (Wildman–Crippen MR) is 327 cm³/mol. The second-order valence-electron chi connectivity index (χ2n) is 29.4. The number of cyclic esters (lactones) is 2. The van der Waals surface area contributed by atoms with E-state index < -0.39 is 25.2 Å². The van der Waals surface area contributed by atoms with Gasteiger partial charge in [0.05, 0.1) is 0 Å². The number of carbonyl (C=O) groups excluding carboxylic acids is 2. The maximum atomic E-state index is 13.6. The van der Waals surface area contributed by atoms with E-state index in [1.165, 1.54) is 0 Å². The Morgan fingerprint density at radius 1 is 0.268 bits per heavy atom. The maximum Gasteiger partial charge on any atom is 0.344 e. The van der Waals surface area contributed by atoms with Gasteiger partial charge in [-0.2, -0.15) is 0 Å². The molecule has 6 aromatic rings. The number of rotatable bonds is 0. The fraction of sp³-hybridized carbons (Fsp3) is 0.472. The molecule has 10 nitrogen and oxygen atoms in total. The smallest absolute Gasteiger partial charge is 0.344 e. The Bertz CT molecular complexity index is 3220. The van der Waals surface area contributed by atoms with Gasteiger partial charge in [0.2, 0.25) is 0 Å². The first kappa shape index (κ1) is 61.1. The van der Waals surface area contributed by atoms with Crippen molar-refractivity contribution >= 4 is 11.9 Å². The van der Waals surface area contributed by atoms with Crippen LogP contribution in [-0.2, 0) is 90.1 Å². The lowest BCUT2D eigenvalue weighted by Crippen LogP contribution is -2.21. The number of fused-ring (bicyclic) bond motifs is 8. The molecule has 0 unspecified atom stereocenters. The number of carbonyl (C=O) groups is 2. The zero-order chi connectivity index (χ0) is 60.4. The molecule has 0 atom stereocenters. The summed E-state index contributed by atoms with van der Waals surface area (Å²) in [5.74, 6) is -0.0186. The van der Waals surface area contributed by atoms with Crippen LogP contribution in [0.15, 0.2) is 72.8 Å². The minimum Gasteiger partial charge on any atom is -0.507 e. The molecule has 0 saturated carbocycles. The number of ether oxygens (including phenoxy) is 4. The molecule has 0 saturated heterocycles. The molecule has 0 aromatic heterocycles. The molecule has 8 rings (SSSR count). The number of benzene rings is 6. The van der Waals surface area contributed by atoms with Gasteiger partial charge in [-0.3, -0.25) is 0 Å². The van der Waals surface area contributed by atoms with Crippen molar-refractivity contribution in [3.8, 4) is 34.5 Å². The van der Waals surface area contributed by atoms with Crippen molar-refractivity contribution in [2.24, 2.45) is 0 Å². The Morgan fingerprint density at radius 2 is 0.427 bits per heavy atom. The van der Waals surface area contributed by atoms with Crippen LogP contribution in [0, 0.1) is 0 Å². The monoisotopic (exact) mass is 1110 g/mol. The van der Waals surface area contributed by atoms with E-state index in [0.29, 0.717) is 56.0 Å². The largest absolute Gasteiger partial charge is 0.507 e. The number of aromatic hydroxyl groups is 4. The molecule has 14 bridgehead atoms. The molecule has 0 radical (unpaired) electrons. The Morgan fingerprint density at radius 3 is 0.610 bits per heavy atom. The van der Waals surface area contributed by atoms with Crippen LogP contribution >= 0.6 is 0 Å². The van der Waals surface area contributed by atoms with Gasteiger partial charge in [-0.05, 0) is 133 Å². The lowest BCUT2D eigenvalue weighted by atomic mass is 9.79. The maximum absolute atomic E-state index is 13.6. The number of esters is 2. The van der Waals surface area contributed by atoms with Crippen molar-refractivity contribution in [3.05, 3.63) is 173 Å². The van der Waals surface area contributed by atoms with Gasteiger partial charge in [0, 0.05) is 38.5 Å². The highest BCUT2D eigenvalue weighted by Crippen LogP contribution is 2.45. The van der Waals surface area contributed by atoms with Crippen molar-refractivity contribution in [1.82, 2.24) is 0 Å². The molecule has 1 heterocycles. The average Bonchev–Trinajstić information content (AvgIpc) is 3.53. The average molecular weight is 1120 g/mol. The summed E-state index contributed by atoms with van der Waals surface area (Å²) in [6.45, 7) is 37.4. The molecular weight excluding hydrogens is 1020 g/mol. The van der Waals surface area contributed by atoms with Crippen LogP contribution in [0.5, 0.6) is 34.5 Å². The molecular formula is C72H90O10. The van der Waals surface area contributed by atoms with Crippen LogP contribution in [0.25, 0.3) is 0 Å². The van der Waals surface area contributed by atoms with Crippen LogP contribution < -0.4 is 9.47 Å². The first-order valence-electron chi connectivity index (χ1n) is 29.2. The third-order valence-electron chi connectivity index (χ3n) is 16.3. The van der Waals surface area contributed by atoms with E-state index in [4.69, 9.17) is 18.9 Å². The first-order valence-corrected chi connectivity index (χ1v) is 29.2. The lowest BCUT2D eigenvalue weighted by molar-refractivity contribution is -0.154. The summed E-state index contributed by atoms with van der Waals surface area (Å²) >= 11 is 0. The molecule has 1 aliphatic carbocycles. The van der Waals surface area contributed by atoms with Crippen molar-refractivity contribution in [3.63, 3.8) is 0 Å². The minimum absolute atomic E-state index is 0.0835. The predicted octanol–water partition coefficient (Wildman–Crippen LogP) is 15.0. The molecule has 438 valence electrons. The van der Waals surface area contributed by atoms with Crippen LogP contribution in [0.1, 0.15) is 225 Å². The van der Waals surface area contributed by atoms with E-state index in [2.05, 4.69) is 161 Å². The highest BCUT2D eigenvalue weighted by atomic mass is 16.6. The van der Waals surface area contributed by atoms with Crippen molar-refractivity contribution in [2.45, 2.75) is 196 Å². The van der Waals surface area contributed by atoms with E-state index in [1.54, 1.807) is 0 Å². The molecule has 0 amide bonds. The molecule has 6 aromatic carbocycles. The minimum atomic E-state index is -0.637. The van der Waals surface area contributed by atoms with Gasteiger partial charge in [0.15, 0.2) is 13.2 Å². The summed E-state index contributed by atoms with van der Waals surface area (Å²) in [6.07, 6.45) is 1.24. The Hall–Kier alpha value is -6.94. The third kappa shape index (κ3) is 13.8. The zero-order valence-electron chi connectivity index (χ0n) is 52.2. The fourth-order valence-corrected chi connectivity index (χ4v) is 11.0. The first-order chi connectivity index (χ1) is 37.8.